The normalized spacial score (nSPS) is 11.8. The number of hydrogen-bond acceptors (Lipinski definition) is 1. The predicted octanol–water partition coefficient (Wildman–Crippen LogP) is 3.89. The van der Waals surface area contributed by atoms with Crippen LogP contribution in [-0.4, -0.2) is 56.7 Å². The number of nitrogens with zero attached hydrogens (tertiary/aromatic N) is 2. The molecule has 0 aliphatic rings. The van der Waals surface area contributed by atoms with Gasteiger partial charge >= 0.3 is 0 Å². The highest BCUT2D eigenvalue weighted by Crippen LogP contribution is 2.11. The summed E-state index contributed by atoms with van der Waals surface area (Å²) in [6.45, 7) is 9.88. The van der Waals surface area contributed by atoms with Gasteiger partial charge in [-0.25, -0.2) is 0 Å². The Bertz CT molecular complexity index is 276. The number of hydrogen-bond donors (Lipinski definition) is 0. The van der Waals surface area contributed by atoms with E-state index in [4.69, 9.17) is 0 Å². The van der Waals surface area contributed by atoms with Crippen LogP contribution in [0.25, 0.3) is 0 Å². The Morgan fingerprint density at radius 1 is 0.481 bits per heavy atom. The largest absolute Gasteiger partial charge is 1.00 e. The summed E-state index contributed by atoms with van der Waals surface area (Å²) in [6, 6.07) is 0. The van der Waals surface area contributed by atoms with Crippen LogP contribution in [0.15, 0.2) is 0 Å². The predicted molar refractivity (Wildman–Crippen MR) is 120 cm³/mol. The van der Waals surface area contributed by atoms with E-state index in [0.29, 0.717) is 0 Å². The van der Waals surface area contributed by atoms with Gasteiger partial charge in [0.2, 0.25) is 0 Å². The highest BCUT2D eigenvalue weighted by Gasteiger charge is 2.09. The van der Waals surface area contributed by atoms with Gasteiger partial charge < -0.3 is 26.4 Å². The molecule has 0 saturated carbocycles. The lowest BCUT2D eigenvalue weighted by Crippen LogP contribution is -3.00. The van der Waals surface area contributed by atoms with Crippen LogP contribution in [0.4, 0.5) is 0 Å². The van der Waals surface area contributed by atoms with Crippen LogP contribution >= 0.6 is 0 Å². The second-order valence-corrected chi connectivity index (χ2v) is 9.45. The van der Waals surface area contributed by atoms with Crippen molar-refractivity contribution in [3.8, 4) is 0 Å². The molecular weight excluding hydrogens is 396 g/mol. The van der Waals surface area contributed by atoms with Crippen molar-refractivity contribution in [1.29, 1.82) is 0 Å². The summed E-state index contributed by atoms with van der Waals surface area (Å²) in [5, 5.41) is 0. The summed E-state index contributed by atoms with van der Waals surface area (Å²) >= 11 is 0. The molecule has 0 aromatic carbocycles. The molecule has 0 aromatic rings. The third-order valence-electron chi connectivity index (χ3n) is 5.46. The summed E-state index contributed by atoms with van der Waals surface area (Å²) in [5.41, 5.74) is 0. The SMILES string of the molecule is CCCCCCCCCCN(CCCCCCCC)CCC[N+](C)(C)C.[Br-]. The first-order valence-electron chi connectivity index (χ1n) is 12.0. The van der Waals surface area contributed by atoms with Crippen LogP contribution in [0.3, 0.4) is 0 Å². The van der Waals surface area contributed by atoms with E-state index in [1.165, 1.54) is 122 Å². The molecule has 0 amide bonds. The molecule has 0 N–H and O–H groups in total. The van der Waals surface area contributed by atoms with Crippen molar-refractivity contribution in [1.82, 2.24) is 4.90 Å². The van der Waals surface area contributed by atoms with Gasteiger partial charge in [0.05, 0.1) is 27.7 Å². The molecule has 0 rings (SSSR count). The first-order chi connectivity index (χ1) is 12.5. The van der Waals surface area contributed by atoms with E-state index in [1.54, 1.807) is 0 Å². The second kappa shape index (κ2) is 21.1. The lowest BCUT2D eigenvalue weighted by atomic mass is 10.1. The van der Waals surface area contributed by atoms with E-state index in [9.17, 15) is 0 Å². The fourth-order valence-corrected chi connectivity index (χ4v) is 3.69. The average Bonchev–Trinajstić information content (AvgIpc) is 2.58. The first kappa shape index (κ1) is 29.6. The van der Waals surface area contributed by atoms with Crippen LogP contribution < -0.4 is 17.0 Å². The zero-order valence-electron chi connectivity index (χ0n) is 19.7. The molecule has 0 spiro atoms. The van der Waals surface area contributed by atoms with Crippen LogP contribution in [0, 0.1) is 0 Å². The van der Waals surface area contributed by atoms with Gasteiger partial charge in [0, 0.05) is 13.0 Å². The molecule has 0 aliphatic heterocycles. The summed E-state index contributed by atoms with van der Waals surface area (Å²) in [7, 11) is 6.95. The maximum Gasteiger partial charge on any atom is 0.0792 e. The summed E-state index contributed by atoms with van der Waals surface area (Å²) in [6.07, 6.45) is 21.3. The molecular formula is C24H53BrN2. The van der Waals surface area contributed by atoms with E-state index < -0.39 is 0 Å². The van der Waals surface area contributed by atoms with E-state index >= 15 is 0 Å². The quantitative estimate of drug-likeness (QED) is 0.201. The summed E-state index contributed by atoms with van der Waals surface area (Å²) in [5.74, 6) is 0. The Morgan fingerprint density at radius 3 is 1.19 bits per heavy atom. The van der Waals surface area contributed by atoms with Gasteiger partial charge in [-0.1, -0.05) is 90.9 Å². The number of quaternary nitrogens is 1. The first-order valence-corrected chi connectivity index (χ1v) is 12.0. The Balaban J connectivity index is 0. The number of rotatable bonds is 20. The Hall–Kier alpha value is 0.400. The van der Waals surface area contributed by atoms with Crippen molar-refractivity contribution < 1.29 is 21.5 Å². The van der Waals surface area contributed by atoms with Crippen molar-refractivity contribution in [3.63, 3.8) is 0 Å². The Kier molecular flexibility index (Phi) is 23.2. The standard InChI is InChI=1S/C24H53N2.BrH/c1-6-8-10-12-14-15-17-19-22-25(23-20-24-26(3,4)5)21-18-16-13-11-9-7-2;/h6-24H2,1-5H3;1H/q+1;/p-1. The molecule has 0 aliphatic carbocycles. The maximum absolute atomic E-state index is 2.77. The minimum absolute atomic E-state index is 0. The van der Waals surface area contributed by atoms with Crippen LogP contribution in [0.5, 0.6) is 0 Å². The fourth-order valence-electron chi connectivity index (χ4n) is 3.69. The summed E-state index contributed by atoms with van der Waals surface area (Å²) < 4.78 is 1.10. The fraction of sp³-hybridized carbons (Fsp3) is 1.00. The van der Waals surface area contributed by atoms with Gasteiger partial charge in [-0.2, -0.15) is 0 Å². The molecule has 2 nitrogen and oxygen atoms in total. The zero-order valence-corrected chi connectivity index (χ0v) is 21.3. The minimum Gasteiger partial charge on any atom is -1.00 e. The van der Waals surface area contributed by atoms with E-state index in [0.717, 1.165) is 4.48 Å². The zero-order chi connectivity index (χ0) is 19.5. The van der Waals surface area contributed by atoms with Gasteiger partial charge in [0.25, 0.3) is 0 Å². The van der Waals surface area contributed by atoms with E-state index in [1.807, 2.05) is 0 Å². The highest BCUT2D eigenvalue weighted by atomic mass is 79.9. The van der Waals surface area contributed by atoms with E-state index in [2.05, 4.69) is 39.9 Å². The van der Waals surface area contributed by atoms with Crippen molar-refractivity contribution in [2.75, 3.05) is 47.3 Å². The molecule has 0 radical (unpaired) electrons. The lowest BCUT2D eigenvalue weighted by Gasteiger charge is -2.27. The van der Waals surface area contributed by atoms with Crippen LogP contribution in [-0.2, 0) is 0 Å². The van der Waals surface area contributed by atoms with Crippen molar-refractivity contribution in [2.24, 2.45) is 0 Å². The summed E-state index contributed by atoms with van der Waals surface area (Å²) in [4.78, 5) is 2.77. The van der Waals surface area contributed by atoms with Crippen molar-refractivity contribution in [2.45, 2.75) is 110 Å². The van der Waals surface area contributed by atoms with E-state index in [-0.39, 0.29) is 17.0 Å². The molecule has 0 atom stereocenters. The molecule has 0 bridgehead atoms. The maximum atomic E-state index is 2.77. The van der Waals surface area contributed by atoms with Gasteiger partial charge in [-0.3, -0.25) is 0 Å². The van der Waals surface area contributed by atoms with Gasteiger partial charge in [-0.15, -0.1) is 0 Å². The smallest absolute Gasteiger partial charge is 0.0792 e. The second-order valence-electron chi connectivity index (χ2n) is 9.45. The van der Waals surface area contributed by atoms with Crippen molar-refractivity contribution >= 4 is 0 Å². The Labute approximate surface area is 183 Å². The lowest BCUT2D eigenvalue weighted by molar-refractivity contribution is -0.870. The highest BCUT2D eigenvalue weighted by molar-refractivity contribution is 4.60. The topological polar surface area (TPSA) is 3.24 Å². The molecule has 0 aromatic heterocycles. The molecule has 0 fully saturated rings. The molecule has 0 heterocycles. The van der Waals surface area contributed by atoms with Gasteiger partial charge in [-0.05, 0) is 25.9 Å². The van der Waals surface area contributed by atoms with Crippen LogP contribution in [0.1, 0.15) is 110 Å². The number of halogens is 1. The third-order valence-corrected chi connectivity index (χ3v) is 5.46. The molecule has 0 saturated heterocycles. The van der Waals surface area contributed by atoms with Crippen LogP contribution in [0.2, 0.25) is 0 Å². The van der Waals surface area contributed by atoms with Gasteiger partial charge in [0.1, 0.15) is 0 Å². The number of unbranched alkanes of at least 4 members (excludes halogenated alkanes) is 12. The average molecular weight is 450 g/mol. The molecule has 166 valence electrons. The monoisotopic (exact) mass is 448 g/mol. The van der Waals surface area contributed by atoms with Crippen molar-refractivity contribution in [3.05, 3.63) is 0 Å². The third kappa shape index (κ3) is 24.4. The Morgan fingerprint density at radius 2 is 0.815 bits per heavy atom. The minimum atomic E-state index is 0. The molecule has 3 heteroatoms. The molecule has 27 heavy (non-hydrogen) atoms. The van der Waals surface area contributed by atoms with Gasteiger partial charge in [0.15, 0.2) is 0 Å². The molecule has 0 unspecified atom stereocenters.